The molecule has 0 aliphatic heterocycles. The maximum atomic E-state index is 12.4. The molecule has 0 unspecified atom stereocenters. The van der Waals surface area contributed by atoms with Crippen molar-refractivity contribution in [2.45, 2.75) is 0 Å². The van der Waals surface area contributed by atoms with Crippen molar-refractivity contribution >= 4 is 36.2 Å². The molecule has 0 spiro atoms. The molecule has 4 N–H and O–H groups in total. The Labute approximate surface area is 76.6 Å². The summed E-state index contributed by atoms with van der Waals surface area (Å²) >= 11 is 0. The molecule has 11 heavy (non-hydrogen) atoms. The molecule has 64 valence electrons. The molecule has 0 saturated heterocycles. The Hall–Kier alpha value is -0.670. The first-order chi connectivity index (χ1) is 4.20. The highest BCUT2D eigenvalue weighted by Crippen LogP contribution is 2.12. The number of halogens is 3. The van der Waals surface area contributed by atoms with Crippen molar-refractivity contribution in [1.82, 2.24) is 0 Å². The Morgan fingerprint density at radius 1 is 1.09 bits per heavy atom. The summed E-state index contributed by atoms with van der Waals surface area (Å²) in [6.07, 6.45) is 0. The van der Waals surface area contributed by atoms with Crippen LogP contribution in [0.3, 0.4) is 0 Å². The highest BCUT2D eigenvalue weighted by molar-refractivity contribution is 5.85. The minimum atomic E-state index is -0.463. The van der Waals surface area contributed by atoms with E-state index in [1.165, 1.54) is 12.1 Å². The van der Waals surface area contributed by atoms with Crippen LogP contribution in [0.2, 0.25) is 0 Å². The van der Waals surface area contributed by atoms with E-state index in [0.29, 0.717) is 5.69 Å². The Balaban J connectivity index is 0. The Bertz CT molecular complexity index is 230. The van der Waals surface area contributed by atoms with Gasteiger partial charge in [0.25, 0.3) is 0 Å². The molecule has 0 heterocycles. The normalized spacial score (nSPS) is 7.73. The van der Waals surface area contributed by atoms with Crippen molar-refractivity contribution < 1.29 is 4.39 Å². The molecule has 1 rings (SSSR count). The highest BCUT2D eigenvalue weighted by Gasteiger charge is 1.94. The van der Waals surface area contributed by atoms with E-state index < -0.39 is 5.82 Å². The molecule has 0 aromatic heterocycles. The number of benzene rings is 1. The van der Waals surface area contributed by atoms with E-state index in [9.17, 15) is 4.39 Å². The number of hydrogen-bond donors (Lipinski definition) is 2. The molecule has 0 aliphatic rings. The van der Waals surface area contributed by atoms with Gasteiger partial charge in [0.05, 0.1) is 5.69 Å². The summed E-state index contributed by atoms with van der Waals surface area (Å²) in [6.45, 7) is 0. The molecule has 0 aliphatic carbocycles. The van der Waals surface area contributed by atoms with Gasteiger partial charge in [0.1, 0.15) is 5.82 Å². The van der Waals surface area contributed by atoms with E-state index >= 15 is 0 Å². The van der Waals surface area contributed by atoms with Crippen LogP contribution in [0.15, 0.2) is 18.2 Å². The van der Waals surface area contributed by atoms with Gasteiger partial charge in [-0.25, -0.2) is 4.39 Å². The van der Waals surface area contributed by atoms with E-state index in [1.54, 1.807) is 6.07 Å². The zero-order chi connectivity index (χ0) is 6.85. The van der Waals surface area contributed by atoms with E-state index in [0.717, 1.165) is 0 Å². The van der Waals surface area contributed by atoms with E-state index in [1.807, 2.05) is 0 Å². The summed E-state index contributed by atoms with van der Waals surface area (Å²) in [6, 6.07) is 4.18. The van der Waals surface area contributed by atoms with Gasteiger partial charge in [-0.05, 0) is 18.2 Å². The number of hydrogen-bond acceptors (Lipinski definition) is 2. The largest absolute Gasteiger partial charge is 0.399 e. The van der Waals surface area contributed by atoms with Crippen LogP contribution >= 0.6 is 24.8 Å². The summed E-state index contributed by atoms with van der Waals surface area (Å²) < 4.78 is 12.4. The molecule has 5 heteroatoms. The van der Waals surface area contributed by atoms with Gasteiger partial charge in [0.15, 0.2) is 0 Å². The predicted octanol–water partition coefficient (Wildman–Crippen LogP) is 1.83. The average molecular weight is 199 g/mol. The van der Waals surface area contributed by atoms with Gasteiger partial charge in [-0.2, -0.15) is 0 Å². The lowest BCUT2D eigenvalue weighted by atomic mass is 10.3. The summed E-state index contributed by atoms with van der Waals surface area (Å²) in [5.41, 5.74) is 10.9. The van der Waals surface area contributed by atoms with Gasteiger partial charge in [-0.3, -0.25) is 0 Å². The Morgan fingerprint density at radius 2 is 1.64 bits per heavy atom. The number of anilines is 2. The van der Waals surface area contributed by atoms with Crippen molar-refractivity contribution in [2.75, 3.05) is 11.5 Å². The van der Waals surface area contributed by atoms with Crippen LogP contribution < -0.4 is 11.5 Å². The van der Waals surface area contributed by atoms with Crippen molar-refractivity contribution in [3.63, 3.8) is 0 Å². The van der Waals surface area contributed by atoms with Gasteiger partial charge in [-0.1, -0.05) is 0 Å². The molecular weight excluding hydrogens is 190 g/mol. The molecule has 0 amide bonds. The molecule has 1 aromatic carbocycles. The fourth-order valence-electron chi connectivity index (χ4n) is 0.543. The minimum Gasteiger partial charge on any atom is -0.399 e. The standard InChI is InChI=1S/C6H7FN2.2ClH/c7-5-3-4(8)1-2-6(5)9;;/h1-3H,8-9H2;2*1H. The summed E-state index contributed by atoms with van der Waals surface area (Å²) in [5.74, 6) is -0.463. The van der Waals surface area contributed by atoms with Gasteiger partial charge >= 0.3 is 0 Å². The second kappa shape index (κ2) is 5.04. The molecular formula is C6H9Cl2FN2. The fraction of sp³-hybridized carbons (Fsp3) is 0. The van der Waals surface area contributed by atoms with Crippen LogP contribution in [-0.4, -0.2) is 0 Å². The smallest absolute Gasteiger partial charge is 0.148 e. The lowest BCUT2D eigenvalue weighted by Gasteiger charge is -1.95. The third-order valence-corrected chi connectivity index (χ3v) is 1.02. The average Bonchev–Trinajstić information content (AvgIpc) is 1.80. The van der Waals surface area contributed by atoms with Crippen LogP contribution in [0.4, 0.5) is 15.8 Å². The first-order valence-electron chi connectivity index (χ1n) is 2.50. The minimum absolute atomic E-state index is 0. The maximum absolute atomic E-state index is 12.4. The Kier molecular flexibility index (Phi) is 5.94. The third-order valence-electron chi connectivity index (χ3n) is 1.02. The van der Waals surface area contributed by atoms with Crippen molar-refractivity contribution in [3.05, 3.63) is 24.0 Å². The zero-order valence-electron chi connectivity index (χ0n) is 5.58. The molecule has 1 aromatic rings. The topological polar surface area (TPSA) is 52.0 Å². The molecule has 0 saturated carbocycles. The summed E-state index contributed by atoms with van der Waals surface area (Å²) in [5, 5.41) is 0. The van der Waals surface area contributed by atoms with Gasteiger partial charge in [0.2, 0.25) is 0 Å². The van der Waals surface area contributed by atoms with Crippen molar-refractivity contribution in [3.8, 4) is 0 Å². The van der Waals surface area contributed by atoms with Gasteiger partial charge < -0.3 is 11.5 Å². The summed E-state index contributed by atoms with van der Waals surface area (Å²) in [4.78, 5) is 0. The number of rotatable bonds is 0. The van der Waals surface area contributed by atoms with Crippen LogP contribution in [0.25, 0.3) is 0 Å². The second-order valence-electron chi connectivity index (χ2n) is 1.78. The van der Waals surface area contributed by atoms with Crippen LogP contribution in [0, 0.1) is 5.82 Å². The van der Waals surface area contributed by atoms with E-state index in [2.05, 4.69) is 0 Å². The molecule has 0 atom stereocenters. The van der Waals surface area contributed by atoms with Gasteiger partial charge in [0, 0.05) is 5.69 Å². The highest BCUT2D eigenvalue weighted by atomic mass is 35.5. The molecule has 0 bridgehead atoms. The summed E-state index contributed by atoms with van der Waals surface area (Å²) in [7, 11) is 0. The van der Waals surface area contributed by atoms with Crippen molar-refractivity contribution in [2.24, 2.45) is 0 Å². The zero-order valence-corrected chi connectivity index (χ0v) is 7.21. The number of nitrogen functional groups attached to an aromatic ring is 2. The molecule has 2 nitrogen and oxygen atoms in total. The lowest BCUT2D eigenvalue weighted by Crippen LogP contribution is -1.92. The van der Waals surface area contributed by atoms with E-state index in [-0.39, 0.29) is 30.5 Å². The monoisotopic (exact) mass is 198 g/mol. The van der Waals surface area contributed by atoms with E-state index in [4.69, 9.17) is 11.5 Å². The fourth-order valence-corrected chi connectivity index (χ4v) is 0.543. The predicted molar refractivity (Wildman–Crippen MR) is 49.7 cm³/mol. The first-order valence-corrected chi connectivity index (χ1v) is 2.50. The SMILES string of the molecule is Cl.Cl.Nc1ccc(N)c(F)c1. The number of nitrogens with two attached hydrogens (primary N) is 2. The van der Waals surface area contributed by atoms with Crippen LogP contribution in [0.1, 0.15) is 0 Å². The van der Waals surface area contributed by atoms with Crippen molar-refractivity contribution in [1.29, 1.82) is 0 Å². The molecule has 0 radical (unpaired) electrons. The van der Waals surface area contributed by atoms with Gasteiger partial charge in [-0.15, -0.1) is 24.8 Å². The first kappa shape index (κ1) is 13.0. The lowest BCUT2D eigenvalue weighted by molar-refractivity contribution is 0.633. The second-order valence-corrected chi connectivity index (χ2v) is 1.78. The Morgan fingerprint density at radius 3 is 2.00 bits per heavy atom. The quantitative estimate of drug-likeness (QED) is 0.626. The van der Waals surface area contributed by atoms with Crippen LogP contribution in [-0.2, 0) is 0 Å². The third kappa shape index (κ3) is 3.30. The van der Waals surface area contributed by atoms with Crippen LogP contribution in [0.5, 0.6) is 0 Å². The maximum Gasteiger partial charge on any atom is 0.148 e. The molecule has 0 fully saturated rings.